The Hall–Kier alpha value is -1.70. The number of amides is 1. The summed E-state index contributed by atoms with van der Waals surface area (Å²) in [6, 6.07) is 12.3. The predicted molar refractivity (Wildman–Crippen MR) is 128 cm³/mol. The van der Waals surface area contributed by atoms with E-state index in [-0.39, 0.29) is 5.91 Å². The van der Waals surface area contributed by atoms with E-state index >= 15 is 0 Å². The van der Waals surface area contributed by atoms with Crippen molar-refractivity contribution >= 4 is 45.0 Å². The maximum atomic E-state index is 12.8. The van der Waals surface area contributed by atoms with Gasteiger partial charge in [-0.1, -0.05) is 42.8 Å². The number of hydrogen-bond donors (Lipinski definition) is 1. The summed E-state index contributed by atoms with van der Waals surface area (Å²) in [4.78, 5) is 12.8. The van der Waals surface area contributed by atoms with E-state index in [0.717, 1.165) is 33.7 Å². The fourth-order valence-corrected chi connectivity index (χ4v) is 5.43. The third-order valence-corrected chi connectivity index (χ3v) is 7.39. The zero-order chi connectivity index (χ0) is 22.3. The van der Waals surface area contributed by atoms with E-state index in [1.807, 2.05) is 57.2 Å². The summed E-state index contributed by atoms with van der Waals surface area (Å²) < 4.78 is 26.3. The summed E-state index contributed by atoms with van der Waals surface area (Å²) in [6.07, 6.45) is 1.51. The minimum Gasteiger partial charge on any atom is -0.353 e. The number of halogens is 1. The molecule has 0 radical (unpaired) electrons. The molecule has 0 aliphatic rings. The van der Waals surface area contributed by atoms with Crippen LogP contribution in [0.2, 0.25) is 5.02 Å². The average molecular weight is 469 g/mol. The van der Waals surface area contributed by atoms with Gasteiger partial charge in [-0.15, -0.1) is 0 Å². The van der Waals surface area contributed by atoms with E-state index in [4.69, 9.17) is 11.6 Å². The topological polar surface area (TPSA) is 66.5 Å². The number of hydrogen-bond acceptors (Lipinski definition) is 4. The Labute approximate surface area is 189 Å². The summed E-state index contributed by atoms with van der Waals surface area (Å²) in [5.74, 6) is 1.17. The van der Waals surface area contributed by atoms with Crippen molar-refractivity contribution in [2.75, 3.05) is 22.9 Å². The molecule has 0 spiro atoms. The Balaban J connectivity index is 2.01. The summed E-state index contributed by atoms with van der Waals surface area (Å²) >= 11 is 7.82. The first-order chi connectivity index (χ1) is 14.1. The summed E-state index contributed by atoms with van der Waals surface area (Å²) in [6.45, 7) is 6.16. The SMILES string of the molecule is CC[C@H](C(=O)NCCSCc1ccccc1Cl)N(c1ccc(C)c(C)c1)S(C)(=O)=O. The van der Waals surface area contributed by atoms with Gasteiger partial charge in [-0.25, -0.2) is 8.42 Å². The molecule has 0 saturated carbocycles. The number of anilines is 1. The van der Waals surface area contributed by atoms with Crippen LogP contribution in [-0.4, -0.2) is 38.9 Å². The second-order valence-electron chi connectivity index (χ2n) is 7.19. The van der Waals surface area contributed by atoms with Gasteiger partial charge < -0.3 is 5.32 Å². The molecule has 2 aromatic rings. The van der Waals surface area contributed by atoms with E-state index < -0.39 is 16.1 Å². The predicted octanol–water partition coefficient (Wildman–Crippen LogP) is 4.55. The Kier molecular flexibility index (Phi) is 9.07. The molecule has 164 valence electrons. The molecule has 0 fully saturated rings. The highest BCUT2D eigenvalue weighted by Crippen LogP contribution is 2.25. The number of sulfonamides is 1. The lowest BCUT2D eigenvalue weighted by Crippen LogP contribution is -2.49. The molecule has 30 heavy (non-hydrogen) atoms. The smallest absolute Gasteiger partial charge is 0.243 e. The van der Waals surface area contributed by atoms with E-state index in [2.05, 4.69) is 5.32 Å². The third-order valence-electron chi connectivity index (χ3n) is 4.84. The molecule has 1 N–H and O–H groups in total. The molecule has 1 amide bonds. The van der Waals surface area contributed by atoms with Gasteiger partial charge >= 0.3 is 0 Å². The molecule has 1 atom stereocenters. The van der Waals surface area contributed by atoms with Gasteiger partial charge in [0.2, 0.25) is 15.9 Å². The number of carbonyl (C=O) groups is 1. The fraction of sp³-hybridized carbons (Fsp3) is 0.409. The van der Waals surface area contributed by atoms with Crippen LogP contribution in [0.25, 0.3) is 0 Å². The average Bonchev–Trinajstić information content (AvgIpc) is 2.68. The van der Waals surface area contributed by atoms with Gasteiger partial charge in [-0.05, 0) is 55.2 Å². The second kappa shape index (κ2) is 11.1. The maximum absolute atomic E-state index is 12.8. The molecule has 5 nitrogen and oxygen atoms in total. The monoisotopic (exact) mass is 468 g/mol. The van der Waals surface area contributed by atoms with Crippen LogP contribution in [0.4, 0.5) is 5.69 Å². The van der Waals surface area contributed by atoms with E-state index in [1.54, 1.807) is 17.8 Å². The molecule has 0 heterocycles. The van der Waals surface area contributed by atoms with E-state index in [9.17, 15) is 13.2 Å². The minimum atomic E-state index is -3.63. The van der Waals surface area contributed by atoms with Crippen molar-refractivity contribution in [1.82, 2.24) is 5.32 Å². The van der Waals surface area contributed by atoms with Gasteiger partial charge in [0.15, 0.2) is 0 Å². The summed E-state index contributed by atoms with van der Waals surface area (Å²) in [7, 11) is -3.63. The molecule has 0 saturated heterocycles. The standard InChI is InChI=1S/C22H29ClN2O3S2/c1-5-21(25(30(4,27)28)19-11-10-16(2)17(3)14-19)22(26)24-12-13-29-15-18-8-6-7-9-20(18)23/h6-11,14,21H,5,12-13,15H2,1-4H3,(H,24,26)/t21-/m1/s1. The molecular formula is C22H29ClN2O3S2. The number of nitrogens with zero attached hydrogens (tertiary/aromatic N) is 1. The highest BCUT2D eigenvalue weighted by molar-refractivity contribution is 7.98. The quantitative estimate of drug-likeness (QED) is 0.519. The van der Waals surface area contributed by atoms with Crippen LogP contribution in [0.15, 0.2) is 42.5 Å². The number of benzene rings is 2. The molecule has 8 heteroatoms. The zero-order valence-corrected chi connectivity index (χ0v) is 20.2. The molecule has 0 aliphatic carbocycles. The maximum Gasteiger partial charge on any atom is 0.243 e. The largest absolute Gasteiger partial charge is 0.353 e. The Morgan fingerprint density at radius 1 is 1.17 bits per heavy atom. The van der Waals surface area contributed by atoms with Crippen LogP contribution in [0, 0.1) is 13.8 Å². The van der Waals surface area contributed by atoms with E-state index in [1.165, 1.54) is 4.31 Å². The molecule has 2 aromatic carbocycles. The highest BCUT2D eigenvalue weighted by Gasteiger charge is 2.31. The van der Waals surface area contributed by atoms with Crippen LogP contribution in [0.1, 0.15) is 30.0 Å². The lowest BCUT2D eigenvalue weighted by atomic mass is 10.1. The van der Waals surface area contributed by atoms with Crippen molar-refractivity contribution in [2.45, 2.75) is 39.0 Å². The molecular weight excluding hydrogens is 440 g/mol. The van der Waals surface area contributed by atoms with Crippen LogP contribution in [-0.2, 0) is 20.6 Å². The van der Waals surface area contributed by atoms with Crippen LogP contribution < -0.4 is 9.62 Å². The highest BCUT2D eigenvalue weighted by atomic mass is 35.5. The molecule has 0 unspecified atom stereocenters. The van der Waals surface area contributed by atoms with Crippen LogP contribution in [0.5, 0.6) is 0 Å². The normalized spacial score (nSPS) is 12.4. The first-order valence-electron chi connectivity index (χ1n) is 9.80. The fourth-order valence-electron chi connectivity index (χ4n) is 3.08. The van der Waals surface area contributed by atoms with Crippen molar-refractivity contribution in [3.63, 3.8) is 0 Å². The first kappa shape index (κ1) is 24.6. The van der Waals surface area contributed by atoms with Gasteiger partial charge in [-0.3, -0.25) is 9.10 Å². The third kappa shape index (κ3) is 6.65. The van der Waals surface area contributed by atoms with Crippen molar-refractivity contribution in [3.8, 4) is 0 Å². The summed E-state index contributed by atoms with van der Waals surface area (Å²) in [5, 5.41) is 3.62. The molecule has 2 rings (SSSR count). The number of carbonyl (C=O) groups excluding carboxylic acids is 1. The van der Waals surface area contributed by atoms with Crippen molar-refractivity contribution in [2.24, 2.45) is 0 Å². The van der Waals surface area contributed by atoms with Gasteiger partial charge in [0.1, 0.15) is 6.04 Å². The van der Waals surface area contributed by atoms with Gasteiger partial charge in [0.05, 0.1) is 11.9 Å². The van der Waals surface area contributed by atoms with Gasteiger partial charge in [0, 0.05) is 23.1 Å². The molecule has 0 bridgehead atoms. The number of rotatable bonds is 10. The first-order valence-corrected chi connectivity index (χ1v) is 13.2. The molecule has 0 aliphatic heterocycles. The summed E-state index contributed by atoms with van der Waals surface area (Å²) in [5.41, 5.74) is 3.61. The van der Waals surface area contributed by atoms with Crippen molar-refractivity contribution in [1.29, 1.82) is 0 Å². The Bertz CT molecular complexity index is 980. The van der Waals surface area contributed by atoms with Crippen LogP contribution in [0.3, 0.4) is 0 Å². The lowest BCUT2D eigenvalue weighted by molar-refractivity contribution is -0.122. The Morgan fingerprint density at radius 2 is 1.87 bits per heavy atom. The number of aryl methyl sites for hydroxylation is 2. The lowest BCUT2D eigenvalue weighted by Gasteiger charge is -2.30. The second-order valence-corrected chi connectivity index (χ2v) is 10.6. The minimum absolute atomic E-state index is 0.292. The van der Waals surface area contributed by atoms with Gasteiger partial charge in [0.25, 0.3) is 0 Å². The van der Waals surface area contributed by atoms with Crippen molar-refractivity contribution in [3.05, 3.63) is 64.2 Å². The Morgan fingerprint density at radius 3 is 2.47 bits per heavy atom. The van der Waals surface area contributed by atoms with E-state index in [0.29, 0.717) is 24.4 Å². The van der Waals surface area contributed by atoms with Crippen molar-refractivity contribution < 1.29 is 13.2 Å². The molecule has 0 aromatic heterocycles. The number of thioether (sulfide) groups is 1. The van der Waals surface area contributed by atoms with Crippen LogP contribution >= 0.6 is 23.4 Å². The number of nitrogens with one attached hydrogen (secondary N) is 1. The zero-order valence-electron chi connectivity index (χ0n) is 17.8. The van der Waals surface area contributed by atoms with Gasteiger partial charge in [-0.2, -0.15) is 11.8 Å².